The molecule has 3 heteroatoms. The lowest BCUT2D eigenvalue weighted by molar-refractivity contribution is 0.0286. The lowest BCUT2D eigenvalue weighted by Gasteiger charge is -2.27. The van der Waals surface area contributed by atoms with Crippen LogP contribution in [-0.4, -0.2) is 49.8 Å². The van der Waals surface area contributed by atoms with Crippen molar-refractivity contribution in [1.82, 2.24) is 10.2 Å². The molecule has 0 amide bonds. The lowest BCUT2D eigenvalue weighted by Crippen LogP contribution is -2.37. The number of likely N-dealkylation sites (tertiary alicyclic amines) is 1. The number of hydrogen-bond acceptors (Lipinski definition) is 3. The molecule has 0 radical (unpaired) electrons. The third-order valence-electron chi connectivity index (χ3n) is 3.57. The quantitative estimate of drug-likeness (QED) is 0.686. The largest absolute Gasteiger partial charge is 0.376 e. The van der Waals surface area contributed by atoms with Gasteiger partial charge in [-0.3, -0.25) is 0 Å². The normalized spacial score (nSPS) is 19.3. The zero-order valence-electron chi connectivity index (χ0n) is 12.6. The van der Waals surface area contributed by atoms with Gasteiger partial charge < -0.3 is 15.0 Å². The molecular weight excluding hydrogens is 224 g/mol. The number of nitrogens with one attached hydrogen (secondary N) is 1. The van der Waals surface area contributed by atoms with E-state index in [1.807, 2.05) is 0 Å². The maximum atomic E-state index is 6.03. The highest BCUT2D eigenvalue weighted by atomic mass is 16.5. The molecule has 108 valence electrons. The molecule has 1 heterocycles. The van der Waals surface area contributed by atoms with Crippen molar-refractivity contribution in [1.29, 1.82) is 0 Å². The highest BCUT2D eigenvalue weighted by Crippen LogP contribution is 2.08. The highest BCUT2D eigenvalue weighted by molar-refractivity contribution is 4.66. The van der Waals surface area contributed by atoms with Crippen molar-refractivity contribution >= 4 is 0 Å². The van der Waals surface area contributed by atoms with Crippen LogP contribution in [-0.2, 0) is 4.74 Å². The minimum atomic E-state index is 0.391. The molecule has 0 aromatic carbocycles. The summed E-state index contributed by atoms with van der Waals surface area (Å²) in [6.45, 7) is 12.2. The van der Waals surface area contributed by atoms with Crippen LogP contribution in [0.4, 0.5) is 0 Å². The van der Waals surface area contributed by atoms with Crippen molar-refractivity contribution in [2.75, 3.05) is 32.8 Å². The van der Waals surface area contributed by atoms with Gasteiger partial charge in [0.05, 0.1) is 12.7 Å². The molecule has 1 fully saturated rings. The third-order valence-corrected chi connectivity index (χ3v) is 3.57. The van der Waals surface area contributed by atoms with E-state index in [0.717, 1.165) is 19.7 Å². The Morgan fingerprint density at radius 3 is 2.50 bits per heavy atom. The van der Waals surface area contributed by atoms with Crippen LogP contribution >= 0.6 is 0 Å². The van der Waals surface area contributed by atoms with E-state index < -0.39 is 0 Å². The van der Waals surface area contributed by atoms with E-state index in [0.29, 0.717) is 12.1 Å². The van der Waals surface area contributed by atoms with Crippen LogP contribution in [0.3, 0.4) is 0 Å². The van der Waals surface area contributed by atoms with E-state index in [-0.39, 0.29) is 0 Å². The maximum absolute atomic E-state index is 6.03. The predicted octanol–water partition coefficient (Wildman–Crippen LogP) is 2.66. The fourth-order valence-corrected chi connectivity index (χ4v) is 2.46. The summed E-state index contributed by atoms with van der Waals surface area (Å²) in [5.74, 6) is 0. The van der Waals surface area contributed by atoms with Crippen LogP contribution in [0.15, 0.2) is 0 Å². The van der Waals surface area contributed by atoms with Crippen molar-refractivity contribution in [3.8, 4) is 0 Å². The van der Waals surface area contributed by atoms with Crippen molar-refractivity contribution < 1.29 is 4.74 Å². The van der Waals surface area contributed by atoms with Gasteiger partial charge in [-0.05, 0) is 32.4 Å². The Kier molecular flexibility index (Phi) is 8.64. The molecule has 0 saturated carbocycles. The van der Waals surface area contributed by atoms with Gasteiger partial charge in [0, 0.05) is 19.1 Å². The molecule has 1 atom stereocenters. The van der Waals surface area contributed by atoms with Crippen molar-refractivity contribution in [2.45, 2.75) is 65.0 Å². The molecule has 0 aliphatic carbocycles. The smallest absolute Gasteiger partial charge is 0.0700 e. The Morgan fingerprint density at radius 2 is 1.89 bits per heavy atom. The first kappa shape index (κ1) is 15.9. The second-order valence-electron chi connectivity index (χ2n) is 5.75. The van der Waals surface area contributed by atoms with E-state index in [4.69, 9.17) is 4.74 Å². The van der Waals surface area contributed by atoms with E-state index in [9.17, 15) is 0 Å². The maximum Gasteiger partial charge on any atom is 0.0700 e. The molecule has 0 aromatic rings. The van der Waals surface area contributed by atoms with Gasteiger partial charge in [0.1, 0.15) is 0 Å². The molecule has 1 N–H and O–H groups in total. The summed E-state index contributed by atoms with van der Waals surface area (Å²) in [5, 5.41) is 3.48. The molecule has 0 aromatic heterocycles. The van der Waals surface area contributed by atoms with Crippen LogP contribution in [0.1, 0.15) is 52.9 Å². The zero-order chi connectivity index (χ0) is 13.2. The molecule has 1 aliphatic heterocycles. The SMILES string of the molecule is CCCC(CNC(C)C)OCCN1CCCCC1. The topological polar surface area (TPSA) is 24.5 Å². The summed E-state index contributed by atoms with van der Waals surface area (Å²) in [7, 11) is 0. The number of piperidine rings is 1. The third kappa shape index (κ3) is 7.34. The molecule has 1 rings (SSSR count). The molecule has 0 bridgehead atoms. The minimum Gasteiger partial charge on any atom is -0.376 e. The van der Waals surface area contributed by atoms with Gasteiger partial charge in [-0.25, -0.2) is 0 Å². The lowest BCUT2D eigenvalue weighted by atomic mass is 10.1. The summed E-state index contributed by atoms with van der Waals surface area (Å²) in [6.07, 6.45) is 6.91. The average Bonchev–Trinajstić information content (AvgIpc) is 2.37. The van der Waals surface area contributed by atoms with Gasteiger partial charge in [-0.15, -0.1) is 0 Å². The first-order chi connectivity index (χ1) is 8.72. The van der Waals surface area contributed by atoms with Gasteiger partial charge in [0.2, 0.25) is 0 Å². The molecule has 18 heavy (non-hydrogen) atoms. The summed E-state index contributed by atoms with van der Waals surface area (Å²) in [6, 6.07) is 0.551. The first-order valence-electron chi connectivity index (χ1n) is 7.79. The molecule has 1 saturated heterocycles. The van der Waals surface area contributed by atoms with Gasteiger partial charge in [-0.2, -0.15) is 0 Å². The average molecular weight is 256 g/mol. The van der Waals surface area contributed by atoms with Crippen molar-refractivity contribution in [3.05, 3.63) is 0 Å². The Hall–Kier alpha value is -0.120. The number of rotatable bonds is 9. The van der Waals surface area contributed by atoms with Gasteiger partial charge >= 0.3 is 0 Å². The van der Waals surface area contributed by atoms with Crippen LogP contribution in [0.2, 0.25) is 0 Å². The summed E-state index contributed by atoms with van der Waals surface area (Å²) in [5.41, 5.74) is 0. The molecule has 3 nitrogen and oxygen atoms in total. The Bertz CT molecular complexity index is 191. The number of nitrogens with zero attached hydrogens (tertiary/aromatic N) is 1. The Balaban J connectivity index is 2.11. The Morgan fingerprint density at radius 1 is 1.17 bits per heavy atom. The van der Waals surface area contributed by atoms with Crippen LogP contribution < -0.4 is 5.32 Å². The Labute approximate surface area is 113 Å². The van der Waals surface area contributed by atoms with E-state index in [1.54, 1.807) is 0 Å². The van der Waals surface area contributed by atoms with E-state index in [1.165, 1.54) is 45.2 Å². The summed E-state index contributed by atoms with van der Waals surface area (Å²) >= 11 is 0. The first-order valence-corrected chi connectivity index (χ1v) is 7.79. The molecular formula is C15H32N2O. The fourth-order valence-electron chi connectivity index (χ4n) is 2.46. The number of hydrogen-bond donors (Lipinski definition) is 1. The summed E-state index contributed by atoms with van der Waals surface area (Å²) < 4.78 is 6.03. The van der Waals surface area contributed by atoms with Gasteiger partial charge in [-0.1, -0.05) is 33.6 Å². The molecule has 1 aliphatic rings. The molecule has 0 spiro atoms. The van der Waals surface area contributed by atoms with E-state index in [2.05, 4.69) is 31.0 Å². The number of ether oxygens (including phenoxy) is 1. The monoisotopic (exact) mass is 256 g/mol. The summed E-state index contributed by atoms with van der Waals surface area (Å²) in [4.78, 5) is 2.54. The molecule has 1 unspecified atom stereocenters. The zero-order valence-corrected chi connectivity index (χ0v) is 12.6. The standard InChI is InChI=1S/C15H32N2O/c1-4-8-15(13-16-14(2)3)18-12-11-17-9-6-5-7-10-17/h14-16H,4-13H2,1-3H3. The van der Waals surface area contributed by atoms with Gasteiger partial charge in [0.15, 0.2) is 0 Å². The second kappa shape index (κ2) is 9.76. The van der Waals surface area contributed by atoms with Crippen LogP contribution in [0, 0.1) is 0 Å². The fraction of sp³-hybridized carbons (Fsp3) is 1.00. The van der Waals surface area contributed by atoms with Crippen molar-refractivity contribution in [2.24, 2.45) is 0 Å². The highest BCUT2D eigenvalue weighted by Gasteiger charge is 2.12. The second-order valence-corrected chi connectivity index (χ2v) is 5.75. The van der Waals surface area contributed by atoms with E-state index >= 15 is 0 Å². The minimum absolute atomic E-state index is 0.391. The predicted molar refractivity (Wildman–Crippen MR) is 78.1 cm³/mol. The van der Waals surface area contributed by atoms with Crippen molar-refractivity contribution in [3.63, 3.8) is 0 Å². The van der Waals surface area contributed by atoms with Crippen LogP contribution in [0.25, 0.3) is 0 Å². The van der Waals surface area contributed by atoms with Crippen LogP contribution in [0.5, 0.6) is 0 Å². The van der Waals surface area contributed by atoms with Gasteiger partial charge in [0.25, 0.3) is 0 Å².